The number of aromatic hydroxyl groups is 1. The van der Waals surface area contributed by atoms with Crippen LogP contribution in [-0.4, -0.2) is 35.0 Å². The molecular formula is C15H19FN2O2. The Morgan fingerprint density at radius 3 is 2.80 bits per heavy atom. The van der Waals surface area contributed by atoms with Gasteiger partial charge in [-0.3, -0.25) is 4.79 Å². The summed E-state index contributed by atoms with van der Waals surface area (Å²) < 4.78 is 13.0. The summed E-state index contributed by atoms with van der Waals surface area (Å²) in [7, 11) is 0. The molecule has 108 valence electrons. The van der Waals surface area contributed by atoms with Crippen LogP contribution in [0, 0.1) is 17.7 Å². The summed E-state index contributed by atoms with van der Waals surface area (Å²) in [5.74, 6) is -0.0706. The molecule has 1 amide bonds. The molecule has 1 aliphatic heterocycles. The van der Waals surface area contributed by atoms with E-state index in [1.807, 2.05) is 0 Å². The molecular weight excluding hydrogens is 259 g/mol. The highest BCUT2D eigenvalue weighted by molar-refractivity contribution is 5.97. The van der Waals surface area contributed by atoms with E-state index in [4.69, 9.17) is 5.73 Å². The number of phenols is 1. The van der Waals surface area contributed by atoms with Crippen molar-refractivity contribution in [3.05, 3.63) is 29.6 Å². The molecule has 3 N–H and O–H groups in total. The van der Waals surface area contributed by atoms with Gasteiger partial charge in [0.25, 0.3) is 5.91 Å². The lowest BCUT2D eigenvalue weighted by Crippen LogP contribution is -2.32. The minimum atomic E-state index is -0.542. The molecule has 1 unspecified atom stereocenters. The number of carbonyl (C=O) groups excluding carboxylic acids is 1. The number of hydrogen-bond donors (Lipinski definition) is 2. The fourth-order valence-corrected chi connectivity index (χ4v) is 3.49. The molecule has 0 radical (unpaired) electrons. The Labute approximate surface area is 117 Å². The molecule has 2 aliphatic rings. The summed E-state index contributed by atoms with van der Waals surface area (Å²) in [5.41, 5.74) is 6.15. The second-order valence-corrected chi connectivity index (χ2v) is 5.96. The molecule has 0 bridgehead atoms. The van der Waals surface area contributed by atoms with E-state index in [1.165, 1.54) is 12.1 Å². The van der Waals surface area contributed by atoms with Crippen LogP contribution in [0.15, 0.2) is 18.2 Å². The third-order valence-corrected chi connectivity index (χ3v) is 4.57. The molecule has 1 aromatic carbocycles. The molecule has 1 saturated heterocycles. The highest BCUT2D eigenvalue weighted by atomic mass is 19.1. The molecule has 2 fully saturated rings. The smallest absolute Gasteiger partial charge is 0.257 e. The summed E-state index contributed by atoms with van der Waals surface area (Å²) in [4.78, 5) is 14.2. The second kappa shape index (κ2) is 5.05. The number of amides is 1. The monoisotopic (exact) mass is 278 g/mol. The standard InChI is InChI=1S/C15H19FN2O2/c16-11-2-4-13(14(19)6-11)15(20)18-7-9-1-3-12(17)5-10(9)8-18/h2,4,6,9-10,12,19H,1,3,5,7-8,17H2/t9-,10+,12?/m1/s1. The number of rotatable bonds is 1. The Kier molecular flexibility index (Phi) is 3.38. The van der Waals surface area contributed by atoms with Crippen LogP contribution in [0.1, 0.15) is 29.6 Å². The summed E-state index contributed by atoms with van der Waals surface area (Å²) in [5, 5.41) is 9.72. The van der Waals surface area contributed by atoms with Crippen LogP contribution in [-0.2, 0) is 0 Å². The van der Waals surface area contributed by atoms with E-state index < -0.39 is 5.82 Å². The fraction of sp³-hybridized carbons (Fsp3) is 0.533. The average molecular weight is 278 g/mol. The van der Waals surface area contributed by atoms with E-state index in [0.29, 0.717) is 24.9 Å². The average Bonchev–Trinajstić information content (AvgIpc) is 2.81. The van der Waals surface area contributed by atoms with Crippen molar-refractivity contribution >= 4 is 5.91 Å². The first-order chi connectivity index (χ1) is 9.54. The maximum absolute atomic E-state index is 13.0. The molecule has 1 heterocycles. The zero-order valence-electron chi connectivity index (χ0n) is 11.3. The third kappa shape index (κ3) is 2.38. The van der Waals surface area contributed by atoms with Gasteiger partial charge in [-0.25, -0.2) is 4.39 Å². The molecule has 3 rings (SSSR count). The fourth-order valence-electron chi connectivity index (χ4n) is 3.49. The minimum absolute atomic E-state index is 0.175. The maximum Gasteiger partial charge on any atom is 0.257 e. The first kappa shape index (κ1) is 13.4. The summed E-state index contributed by atoms with van der Waals surface area (Å²) in [6.45, 7) is 1.40. The van der Waals surface area contributed by atoms with Gasteiger partial charge >= 0.3 is 0 Å². The highest BCUT2D eigenvalue weighted by Gasteiger charge is 2.39. The van der Waals surface area contributed by atoms with Crippen LogP contribution in [0.2, 0.25) is 0 Å². The number of hydrogen-bond acceptors (Lipinski definition) is 3. The topological polar surface area (TPSA) is 66.6 Å². The first-order valence-electron chi connectivity index (χ1n) is 7.08. The van der Waals surface area contributed by atoms with Gasteiger partial charge in [-0.1, -0.05) is 0 Å². The van der Waals surface area contributed by atoms with Crippen LogP contribution < -0.4 is 5.73 Å². The molecule has 5 heteroatoms. The quantitative estimate of drug-likeness (QED) is 0.822. The molecule has 1 saturated carbocycles. The lowest BCUT2D eigenvalue weighted by atomic mass is 9.79. The van der Waals surface area contributed by atoms with Gasteiger partial charge in [-0.2, -0.15) is 0 Å². The SMILES string of the molecule is NC1CC[C@@H]2CN(C(=O)c3ccc(F)cc3O)C[C@@H]2C1. The molecule has 1 aromatic rings. The van der Waals surface area contributed by atoms with Crippen LogP contribution in [0.4, 0.5) is 4.39 Å². The van der Waals surface area contributed by atoms with Crippen LogP contribution in [0.3, 0.4) is 0 Å². The largest absolute Gasteiger partial charge is 0.507 e. The van der Waals surface area contributed by atoms with Crippen molar-refractivity contribution in [1.82, 2.24) is 4.90 Å². The van der Waals surface area contributed by atoms with Crippen molar-refractivity contribution in [2.45, 2.75) is 25.3 Å². The van der Waals surface area contributed by atoms with Gasteiger partial charge in [0.2, 0.25) is 0 Å². The van der Waals surface area contributed by atoms with Gasteiger partial charge < -0.3 is 15.7 Å². The molecule has 20 heavy (non-hydrogen) atoms. The summed E-state index contributed by atoms with van der Waals surface area (Å²) in [6.07, 6.45) is 3.04. The Balaban J connectivity index is 1.75. The number of benzene rings is 1. The first-order valence-corrected chi connectivity index (χ1v) is 7.08. The number of fused-ring (bicyclic) bond motifs is 1. The zero-order chi connectivity index (χ0) is 14.3. The summed E-state index contributed by atoms with van der Waals surface area (Å²) >= 11 is 0. The van der Waals surface area contributed by atoms with E-state index in [0.717, 1.165) is 25.3 Å². The number of carbonyl (C=O) groups is 1. The van der Waals surface area contributed by atoms with Crippen molar-refractivity contribution in [3.8, 4) is 5.75 Å². The number of phenolic OH excluding ortho intramolecular Hbond substituents is 1. The van der Waals surface area contributed by atoms with Crippen molar-refractivity contribution in [3.63, 3.8) is 0 Å². The lowest BCUT2D eigenvalue weighted by Gasteiger charge is -2.27. The molecule has 0 aromatic heterocycles. The Hall–Kier alpha value is -1.62. The van der Waals surface area contributed by atoms with E-state index in [2.05, 4.69) is 0 Å². The van der Waals surface area contributed by atoms with Gasteiger partial charge in [-0.15, -0.1) is 0 Å². The van der Waals surface area contributed by atoms with E-state index in [1.54, 1.807) is 4.90 Å². The third-order valence-electron chi connectivity index (χ3n) is 4.57. The zero-order valence-corrected chi connectivity index (χ0v) is 11.3. The Bertz CT molecular complexity index is 535. The number of likely N-dealkylation sites (tertiary alicyclic amines) is 1. The Morgan fingerprint density at radius 1 is 1.30 bits per heavy atom. The van der Waals surface area contributed by atoms with Gasteiger partial charge in [0.1, 0.15) is 11.6 Å². The van der Waals surface area contributed by atoms with Gasteiger partial charge in [-0.05, 0) is 43.2 Å². The molecule has 0 spiro atoms. The molecule has 4 nitrogen and oxygen atoms in total. The number of nitrogens with two attached hydrogens (primary N) is 1. The van der Waals surface area contributed by atoms with Crippen LogP contribution >= 0.6 is 0 Å². The number of nitrogens with zero attached hydrogens (tertiary/aromatic N) is 1. The highest BCUT2D eigenvalue weighted by Crippen LogP contribution is 2.36. The second-order valence-electron chi connectivity index (χ2n) is 5.96. The molecule has 3 atom stereocenters. The molecule has 1 aliphatic carbocycles. The Morgan fingerprint density at radius 2 is 2.05 bits per heavy atom. The predicted molar refractivity (Wildman–Crippen MR) is 72.8 cm³/mol. The van der Waals surface area contributed by atoms with E-state index in [9.17, 15) is 14.3 Å². The summed E-state index contributed by atoms with van der Waals surface area (Å²) in [6, 6.07) is 3.77. The van der Waals surface area contributed by atoms with Gasteiger partial charge in [0.15, 0.2) is 0 Å². The van der Waals surface area contributed by atoms with E-state index >= 15 is 0 Å². The van der Waals surface area contributed by atoms with Crippen molar-refractivity contribution in [2.24, 2.45) is 17.6 Å². The van der Waals surface area contributed by atoms with Crippen LogP contribution in [0.25, 0.3) is 0 Å². The van der Waals surface area contributed by atoms with Crippen LogP contribution in [0.5, 0.6) is 5.75 Å². The number of halogens is 1. The maximum atomic E-state index is 13.0. The van der Waals surface area contributed by atoms with E-state index in [-0.39, 0.29) is 23.3 Å². The normalized spacial score (nSPS) is 29.3. The van der Waals surface area contributed by atoms with Gasteiger partial charge in [0.05, 0.1) is 5.56 Å². The van der Waals surface area contributed by atoms with Gasteiger partial charge in [0, 0.05) is 25.2 Å². The van der Waals surface area contributed by atoms with Crippen molar-refractivity contribution in [2.75, 3.05) is 13.1 Å². The minimum Gasteiger partial charge on any atom is -0.507 e. The lowest BCUT2D eigenvalue weighted by molar-refractivity contribution is 0.0781. The van der Waals surface area contributed by atoms with Crippen molar-refractivity contribution in [1.29, 1.82) is 0 Å². The van der Waals surface area contributed by atoms with Crippen molar-refractivity contribution < 1.29 is 14.3 Å². The predicted octanol–water partition coefficient (Wildman–Crippen LogP) is 1.73.